The summed E-state index contributed by atoms with van der Waals surface area (Å²) in [5.74, 6) is 6.24. The topological polar surface area (TPSA) is 18.5 Å². The first-order valence-electron chi connectivity index (χ1n) is 11.5. The molecule has 2 heteroatoms. The Hall–Kier alpha value is -0.780. The van der Waals surface area contributed by atoms with Crippen LogP contribution in [0, 0.1) is 46.8 Å². The fraction of sp³-hybridized carbons (Fsp3) is 0.840. The molecule has 0 aromatic heterocycles. The first-order chi connectivity index (χ1) is 13.2. The zero-order valence-corrected chi connectivity index (χ0v) is 17.1. The summed E-state index contributed by atoms with van der Waals surface area (Å²) in [5, 5.41) is 0. The van der Waals surface area contributed by atoms with Gasteiger partial charge in [0.2, 0.25) is 0 Å². The van der Waals surface area contributed by atoms with Crippen molar-refractivity contribution in [3.8, 4) is 12.3 Å². The van der Waals surface area contributed by atoms with Gasteiger partial charge in [0, 0.05) is 6.42 Å². The van der Waals surface area contributed by atoms with E-state index in [9.17, 15) is 0 Å². The van der Waals surface area contributed by atoms with Gasteiger partial charge in [-0.2, -0.15) is 0 Å². The summed E-state index contributed by atoms with van der Waals surface area (Å²) < 4.78 is 12.0. The van der Waals surface area contributed by atoms with Crippen LogP contribution in [0.2, 0.25) is 0 Å². The van der Waals surface area contributed by atoms with Crippen LogP contribution in [0.15, 0.2) is 11.6 Å². The van der Waals surface area contributed by atoms with Crippen molar-refractivity contribution in [1.29, 1.82) is 0 Å². The van der Waals surface area contributed by atoms with Crippen LogP contribution in [0.3, 0.4) is 0 Å². The summed E-state index contributed by atoms with van der Waals surface area (Å²) in [7, 11) is 0. The summed E-state index contributed by atoms with van der Waals surface area (Å²) in [6.07, 6.45) is 22.1. The molecular weight excluding hydrogens is 332 g/mol. The van der Waals surface area contributed by atoms with Gasteiger partial charge in [-0.15, -0.1) is 12.3 Å². The zero-order chi connectivity index (χ0) is 18.5. The number of allylic oxidation sites excluding steroid dienone is 2. The van der Waals surface area contributed by atoms with Gasteiger partial charge in [-0.25, -0.2) is 0 Å². The van der Waals surface area contributed by atoms with E-state index in [1.54, 1.807) is 5.57 Å². The van der Waals surface area contributed by atoms with E-state index in [4.69, 9.17) is 15.9 Å². The van der Waals surface area contributed by atoms with Crippen LogP contribution in [0.4, 0.5) is 0 Å². The Bertz CT molecular complexity index is 639. The number of fused-ring (bicyclic) bond motifs is 5. The molecule has 0 radical (unpaired) electrons. The van der Waals surface area contributed by atoms with Crippen molar-refractivity contribution in [3.05, 3.63) is 11.6 Å². The van der Waals surface area contributed by atoms with Gasteiger partial charge in [0.15, 0.2) is 0 Å². The van der Waals surface area contributed by atoms with Crippen LogP contribution in [0.5, 0.6) is 0 Å². The fourth-order valence-electron chi connectivity index (χ4n) is 8.38. The molecule has 5 rings (SSSR count). The minimum atomic E-state index is 0.272. The fourth-order valence-corrected chi connectivity index (χ4v) is 8.38. The molecule has 5 aliphatic rings. The van der Waals surface area contributed by atoms with E-state index in [0.717, 1.165) is 44.0 Å². The zero-order valence-electron chi connectivity index (χ0n) is 17.1. The lowest BCUT2D eigenvalue weighted by atomic mass is 9.46. The Morgan fingerprint density at radius 3 is 2.81 bits per heavy atom. The maximum Gasteiger partial charge on any atom is 0.0843 e. The van der Waals surface area contributed by atoms with Gasteiger partial charge in [0.05, 0.1) is 25.9 Å². The van der Waals surface area contributed by atoms with E-state index < -0.39 is 0 Å². The SMILES string of the molecule is C#CC[C@]12CC[C@H]3[C@@H](CC=C4CCCC[C@@]43C)[C@@H]1CC[C@@H]2C1COCCO1. The van der Waals surface area contributed by atoms with E-state index >= 15 is 0 Å². The van der Waals surface area contributed by atoms with Gasteiger partial charge < -0.3 is 9.47 Å². The van der Waals surface area contributed by atoms with Gasteiger partial charge in [0.1, 0.15) is 0 Å². The second-order valence-corrected chi connectivity index (χ2v) is 10.3. The second kappa shape index (κ2) is 6.93. The van der Waals surface area contributed by atoms with Crippen molar-refractivity contribution >= 4 is 0 Å². The number of terminal acetylenes is 1. The highest BCUT2D eigenvalue weighted by Gasteiger charge is 2.61. The van der Waals surface area contributed by atoms with Gasteiger partial charge in [-0.1, -0.05) is 25.0 Å². The molecule has 0 aromatic rings. The van der Waals surface area contributed by atoms with Crippen molar-refractivity contribution in [2.45, 2.75) is 77.2 Å². The molecule has 0 amide bonds. The maximum atomic E-state index is 6.22. The van der Waals surface area contributed by atoms with E-state index in [1.165, 1.54) is 57.8 Å². The summed E-state index contributed by atoms with van der Waals surface area (Å²) in [4.78, 5) is 0. The van der Waals surface area contributed by atoms with E-state index in [-0.39, 0.29) is 6.10 Å². The molecule has 0 aromatic carbocycles. The van der Waals surface area contributed by atoms with Crippen LogP contribution in [-0.4, -0.2) is 25.9 Å². The molecule has 0 spiro atoms. The summed E-state index contributed by atoms with van der Waals surface area (Å²) >= 11 is 0. The average Bonchev–Trinajstić information content (AvgIpc) is 3.08. The molecule has 7 atom stereocenters. The average molecular weight is 369 g/mol. The third kappa shape index (κ3) is 2.68. The Morgan fingerprint density at radius 2 is 2.00 bits per heavy atom. The van der Waals surface area contributed by atoms with Gasteiger partial charge in [-0.05, 0) is 85.9 Å². The Morgan fingerprint density at radius 1 is 1.11 bits per heavy atom. The molecule has 3 saturated carbocycles. The Labute approximate surface area is 165 Å². The highest BCUT2D eigenvalue weighted by atomic mass is 16.6. The summed E-state index contributed by atoms with van der Waals surface area (Å²) in [6, 6.07) is 0. The molecule has 2 nitrogen and oxygen atoms in total. The lowest BCUT2D eigenvalue weighted by molar-refractivity contribution is -0.145. The molecular formula is C25H36O2. The quantitative estimate of drug-likeness (QED) is 0.481. The van der Waals surface area contributed by atoms with Crippen molar-refractivity contribution in [1.82, 2.24) is 0 Å². The smallest absolute Gasteiger partial charge is 0.0843 e. The highest BCUT2D eigenvalue weighted by Crippen LogP contribution is 2.67. The van der Waals surface area contributed by atoms with Gasteiger partial charge >= 0.3 is 0 Å². The standard InChI is InChI=1S/C25H36O2/c1-3-12-25-14-11-20-19(8-7-18-6-4-5-13-24(18,20)2)21(25)9-10-22(25)23-17-26-15-16-27-23/h1,7,19-23H,4-6,8-17H2,2H3/t19-,20+,21+,22-,23?,24+,25+/m1/s1. The largest absolute Gasteiger partial charge is 0.376 e. The monoisotopic (exact) mass is 368 g/mol. The number of hydrogen-bond acceptors (Lipinski definition) is 2. The molecule has 0 N–H and O–H groups in total. The lowest BCUT2D eigenvalue weighted by Crippen LogP contribution is -2.52. The highest BCUT2D eigenvalue weighted by molar-refractivity contribution is 5.25. The minimum Gasteiger partial charge on any atom is -0.376 e. The first-order valence-corrected chi connectivity index (χ1v) is 11.5. The predicted molar refractivity (Wildman–Crippen MR) is 108 cm³/mol. The lowest BCUT2D eigenvalue weighted by Gasteiger charge is -2.58. The predicted octanol–water partition coefficient (Wildman–Crippen LogP) is 5.37. The van der Waals surface area contributed by atoms with Crippen LogP contribution in [0.25, 0.3) is 0 Å². The molecule has 0 bridgehead atoms. The van der Waals surface area contributed by atoms with E-state index in [1.807, 2.05) is 0 Å². The number of hydrogen-bond donors (Lipinski definition) is 0. The normalized spacial score (nSPS) is 49.3. The molecule has 4 fully saturated rings. The molecule has 1 heterocycles. The second-order valence-electron chi connectivity index (χ2n) is 10.3. The van der Waals surface area contributed by atoms with Gasteiger partial charge in [-0.3, -0.25) is 0 Å². The van der Waals surface area contributed by atoms with Crippen molar-refractivity contribution in [3.63, 3.8) is 0 Å². The minimum absolute atomic E-state index is 0.272. The number of rotatable bonds is 2. The van der Waals surface area contributed by atoms with E-state index in [0.29, 0.717) is 16.7 Å². The van der Waals surface area contributed by atoms with Crippen LogP contribution in [0.1, 0.15) is 71.1 Å². The summed E-state index contributed by atoms with van der Waals surface area (Å²) in [6.45, 7) is 4.90. The van der Waals surface area contributed by atoms with Crippen LogP contribution >= 0.6 is 0 Å². The Balaban J connectivity index is 1.47. The van der Waals surface area contributed by atoms with Crippen LogP contribution in [-0.2, 0) is 9.47 Å². The molecule has 148 valence electrons. The van der Waals surface area contributed by atoms with E-state index in [2.05, 4.69) is 18.9 Å². The molecule has 1 saturated heterocycles. The van der Waals surface area contributed by atoms with Crippen molar-refractivity contribution in [2.75, 3.05) is 19.8 Å². The first kappa shape index (κ1) is 18.3. The third-order valence-electron chi connectivity index (χ3n) is 9.52. The number of ether oxygens (including phenoxy) is 2. The molecule has 1 unspecified atom stereocenters. The van der Waals surface area contributed by atoms with Crippen molar-refractivity contribution < 1.29 is 9.47 Å². The van der Waals surface area contributed by atoms with Crippen LogP contribution < -0.4 is 0 Å². The Kier molecular flexibility index (Phi) is 4.68. The van der Waals surface area contributed by atoms with Gasteiger partial charge in [0.25, 0.3) is 0 Å². The molecule has 1 aliphatic heterocycles. The molecule has 4 aliphatic carbocycles. The van der Waals surface area contributed by atoms with Crippen molar-refractivity contribution in [2.24, 2.45) is 34.5 Å². The third-order valence-corrected chi connectivity index (χ3v) is 9.52. The summed E-state index contributed by atoms with van der Waals surface area (Å²) in [5.41, 5.74) is 2.59. The molecule has 27 heavy (non-hydrogen) atoms. The maximum absolute atomic E-state index is 6.22.